The van der Waals surface area contributed by atoms with Crippen molar-refractivity contribution in [1.82, 2.24) is 4.90 Å². The van der Waals surface area contributed by atoms with Gasteiger partial charge in [0.15, 0.2) is 0 Å². The Labute approximate surface area is 107 Å². The van der Waals surface area contributed by atoms with Crippen molar-refractivity contribution in [2.45, 2.75) is 25.8 Å². The van der Waals surface area contributed by atoms with Crippen molar-refractivity contribution in [3.05, 3.63) is 29.3 Å². The largest absolute Gasteiger partial charge is 0.508 e. The van der Waals surface area contributed by atoms with Crippen LogP contribution in [0.1, 0.15) is 28.8 Å². The van der Waals surface area contributed by atoms with Gasteiger partial charge in [0.2, 0.25) is 0 Å². The summed E-state index contributed by atoms with van der Waals surface area (Å²) in [5, 5.41) is 9.47. The Bertz CT molecular complexity index is 439. The number of hydrogen-bond donors (Lipinski definition) is 1. The second kappa shape index (κ2) is 5.40. The molecule has 1 aliphatic rings. The van der Waals surface area contributed by atoms with E-state index in [1.807, 2.05) is 7.05 Å². The Kier molecular flexibility index (Phi) is 3.87. The quantitative estimate of drug-likeness (QED) is 0.871. The van der Waals surface area contributed by atoms with Crippen molar-refractivity contribution in [2.75, 3.05) is 20.3 Å². The highest BCUT2D eigenvalue weighted by molar-refractivity contribution is 5.94. The molecule has 1 saturated heterocycles. The summed E-state index contributed by atoms with van der Waals surface area (Å²) in [7, 11) is 1.83. The molecule has 0 bridgehead atoms. The van der Waals surface area contributed by atoms with E-state index in [2.05, 4.69) is 0 Å². The summed E-state index contributed by atoms with van der Waals surface area (Å²) in [6, 6.07) is 5.22. The minimum atomic E-state index is 0.00463. The standard InChI is InChI=1S/C14H19NO3/c1-10-9-11(3-4-13(10)16)14(17)15(2)12-5-7-18-8-6-12/h3-4,9,12,16H,5-8H2,1-2H3. The van der Waals surface area contributed by atoms with Crippen LogP contribution in [0.15, 0.2) is 18.2 Å². The van der Waals surface area contributed by atoms with Gasteiger partial charge in [0.25, 0.3) is 5.91 Å². The summed E-state index contributed by atoms with van der Waals surface area (Å²) < 4.78 is 5.30. The van der Waals surface area contributed by atoms with Crippen molar-refractivity contribution in [3.8, 4) is 5.75 Å². The summed E-state index contributed by atoms with van der Waals surface area (Å²) in [4.78, 5) is 14.1. The van der Waals surface area contributed by atoms with Gasteiger partial charge in [-0.1, -0.05) is 0 Å². The number of hydrogen-bond acceptors (Lipinski definition) is 3. The van der Waals surface area contributed by atoms with E-state index >= 15 is 0 Å². The topological polar surface area (TPSA) is 49.8 Å². The number of carbonyl (C=O) groups excluding carboxylic acids is 1. The van der Waals surface area contributed by atoms with Crippen LogP contribution in [-0.4, -0.2) is 42.2 Å². The SMILES string of the molecule is Cc1cc(C(=O)N(C)C2CCOCC2)ccc1O. The molecule has 98 valence electrons. The van der Waals surface area contributed by atoms with Crippen molar-refractivity contribution in [3.63, 3.8) is 0 Å². The molecule has 2 rings (SSSR count). The van der Waals surface area contributed by atoms with E-state index in [0.717, 1.165) is 31.6 Å². The second-order valence-electron chi connectivity index (χ2n) is 4.76. The summed E-state index contributed by atoms with van der Waals surface area (Å²) in [5.41, 5.74) is 1.35. The first kappa shape index (κ1) is 12.9. The third-order valence-electron chi connectivity index (χ3n) is 3.50. The third kappa shape index (κ3) is 2.64. The maximum absolute atomic E-state index is 12.3. The lowest BCUT2D eigenvalue weighted by Crippen LogP contribution is -2.40. The minimum absolute atomic E-state index is 0.00463. The van der Waals surface area contributed by atoms with E-state index in [4.69, 9.17) is 4.74 Å². The Hall–Kier alpha value is -1.55. The number of rotatable bonds is 2. The fourth-order valence-electron chi connectivity index (χ4n) is 2.23. The molecule has 4 nitrogen and oxygen atoms in total. The fourth-order valence-corrected chi connectivity index (χ4v) is 2.23. The number of nitrogens with zero attached hydrogens (tertiary/aromatic N) is 1. The lowest BCUT2D eigenvalue weighted by Gasteiger charge is -2.31. The first-order valence-corrected chi connectivity index (χ1v) is 6.24. The van der Waals surface area contributed by atoms with Crippen LogP contribution in [0.5, 0.6) is 5.75 Å². The Morgan fingerprint density at radius 2 is 2.06 bits per heavy atom. The highest BCUT2D eigenvalue weighted by Crippen LogP contribution is 2.20. The van der Waals surface area contributed by atoms with Crippen LogP contribution in [0.2, 0.25) is 0 Å². The maximum Gasteiger partial charge on any atom is 0.253 e. The van der Waals surface area contributed by atoms with Crippen molar-refractivity contribution in [1.29, 1.82) is 0 Å². The zero-order valence-corrected chi connectivity index (χ0v) is 10.8. The molecule has 0 aromatic heterocycles. The normalized spacial score (nSPS) is 16.6. The second-order valence-corrected chi connectivity index (χ2v) is 4.76. The number of carbonyl (C=O) groups is 1. The predicted molar refractivity (Wildman–Crippen MR) is 68.8 cm³/mol. The molecule has 0 radical (unpaired) electrons. The van der Waals surface area contributed by atoms with Crippen molar-refractivity contribution in [2.24, 2.45) is 0 Å². The van der Waals surface area contributed by atoms with Crippen LogP contribution in [0.25, 0.3) is 0 Å². The maximum atomic E-state index is 12.3. The molecule has 4 heteroatoms. The first-order chi connectivity index (χ1) is 8.59. The highest BCUT2D eigenvalue weighted by atomic mass is 16.5. The first-order valence-electron chi connectivity index (χ1n) is 6.24. The summed E-state index contributed by atoms with van der Waals surface area (Å²) in [6.45, 7) is 3.23. The molecular weight excluding hydrogens is 230 g/mol. The number of amides is 1. The lowest BCUT2D eigenvalue weighted by molar-refractivity contribution is 0.0362. The number of phenols is 1. The van der Waals surface area contributed by atoms with Gasteiger partial charge in [-0.05, 0) is 43.5 Å². The molecular formula is C14H19NO3. The molecule has 1 aliphatic heterocycles. The van der Waals surface area contributed by atoms with Gasteiger partial charge in [-0.3, -0.25) is 4.79 Å². The van der Waals surface area contributed by atoms with Crippen molar-refractivity contribution < 1.29 is 14.6 Å². The molecule has 0 unspecified atom stereocenters. The van der Waals surface area contributed by atoms with Gasteiger partial charge in [0.05, 0.1) is 0 Å². The molecule has 1 heterocycles. The predicted octanol–water partition coefficient (Wildman–Crippen LogP) is 1.95. The Morgan fingerprint density at radius 3 is 2.67 bits per heavy atom. The minimum Gasteiger partial charge on any atom is -0.508 e. The zero-order chi connectivity index (χ0) is 13.1. The van der Waals surface area contributed by atoms with Gasteiger partial charge < -0.3 is 14.7 Å². The van der Waals surface area contributed by atoms with E-state index in [1.165, 1.54) is 0 Å². The molecule has 0 spiro atoms. The number of aryl methyl sites for hydroxylation is 1. The van der Waals surface area contributed by atoms with Crippen LogP contribution >= 0.6 is 0 Å². The van der Waals surface area contributed by atoms with E-state index in [-0.39, 0.29) is 17.7 Å². The molecule has 1 fully saturated rings. The Morgan fingerprint density at radius 1 is 1.39 bits per heavy atom. The van der Waals surface area contributed by atoms with Gasteiger partial charge in [-0.15, -0.1) is 0 Å². The molecule has 1 amide bonds. The van der Waals surface area contributed by atoms with E-state index in [9.17, 15) is 9.90 Å². The van der Waals surface area contributed by atoms with Crippen molar-refractivity contribution >= 4 is 5.91 Å². The van der Waals surface area contributed by atoms with Gasteiger partial charge in [0.1, 0.15) is 5.75 Å². The number of ether oxygens (including phenoxy) is 1. The van der Waals surface area contributed by atoms with Gasteiger partial charge >= 0.3 is 0 Å². The summed E-state index contributed by atoms with van der Waals surface area (Å²) >= 11 is 0. The number of aromatic hydroxyl groups is 1. The average molecular weight is 249 g/mol. The number of phenolic OH excluding ortho intramolecular Hbond substituents is 1. The summed E-state index contributed by atoms with van der Waals surface area (Å²) in [5.74, 6) is 0.227. The number of benzene rings is 1. The molecule has 1 N–H and O–H groups in total. The monoisotopic (exact) mass is 249 g/mol. The van der Waals surface area contributed by atoms with Crippen LogP contribution in [0.3, 0.4) is 0 Å². The van der Waals surface area contributed by atoms with E-state index in [1.54, 1.807) is 30.0 Å². The highest BCUT2D eigenvalue weighted by Gasteiger charge is 2.23. The summed E-state index contributed by atoms with van der Waals surface area (Å²) in [6.07, 6.45) is 1.78. The van der Waals surface area contributed by atoms with E-state index in [0.29, 0.717) is 5.56 Å². The molecule has 0 saturated carbocycles. The van der Waals surface area contributed by atoms with Gasteiger partial charge in [-0.25, -0.2) is 0 Å². The van der Waals surface area contributed by atoms with Gasteiger partial charge in [-0.2, -0.15) is 0 Å². The zero-order valence-electron chi connectivity index (χ0n) is 10.8. The molecule has 1 aromatic rings. The average Bonchev–Trinajstić information content (AvgIpc) is 2.41. The molecule has 0 atom stereocenters. The Balaban J connectivity index is 2.11. The van der Waals surface area contributed by atoms with Gasteiger partial charge in [0, 0.05) is 31.9 Å². The lowest BCUT2D eigenvalue weighted by atomic mass is 10.1. The molecule has 1 aromatic carbocycles. The van der Waals surface area contributed by atoms with Crippen LogP contribution in [-0.2, 0) is 4.74 Å². The van der Waals surface area contributed by atoms with Crippen LogP contribution < -0.4 is 0 Å². The fraction of sp³-hybridized carbons (Fsp3) is 0.500. The molecule has 18 heavy (non-hydrogen) atoms. The van der Waals surface area contributed by atoms with E-state index < -0.39 is 0 Å². The van der Waals surface area contributed by atoms with Crippen LogP contribution in [0.4, 0.5) is 0 Å². The smallest absolute Gasteiger partial charge is 0.253 e. The third-order valence-corrected chi connectivity index (χ3v) is 3.50. The van der Waals surface area contributed by atoms with Crippen LogP contribution in [0, 0.1) is 6.92 Å². The molecule has 0 aliphatic carbocycles.